The minimum Gasteiger partial charge on any atom is -0.368 e. The molecule has 0 spiro atoms. The van der Waals surface area contributed by atoms with Gasteiger partial charge in [-0.05, 0) is 12.8 Å². The number of nitrogens with one attached hydrogen (secondary N) is 3. The van der Waals surface area contributed by atoms with Crippen molar-refractivity contribution in [2.24, 2.45) is 17.2 Å². The summed E-state index contributed by atoms with van der Waals surface area (Å²) in [5.41, 5.74) is 16.0. The number of fused-ring (bicyclic) bond motifs is 1. The summed E-state index contributed by atoms with van der Waals surface area (Å²) in [5, 5.41) is 8.88. The number of urea groups is 1. The second-order valence-electron chi connectivity index (χ2n) is 6.97. The molecule has 13 heteroatoms. The van der Waals surface area contributed by atoms with Gasteiger partial charge in [-0.1, -0.05) is 28.0 Å². The molecule has 10 nitrogen and oxygen atoms in total. The Labute approximate surface area is 181 Å². The molecule has 2 heterocycles. The highest BCUT2D eigenvalue weighted by molar-refractivity contribution is 8.76. The van der Waals surface area contributed by atoms with Gasteiger partial charge < -0.3 is 33.2 Å². The first kappa shape index (κ1) is 24.0. The van der Waals surface area contributed by atoms with Gasteiger partial charge in [0.2, 0.25) is 17.7 Å². The zero-order chi connectivity index (χ0) is 21.4. The van der Waals surface area contributed by atoms with Gasteiger partial charge in [-0.25, -0.2) is 4.79 Å². The summed E-state index contributed by atoms with van der Waals surface area (Å²) < 4.78 is 0. The van der Waals surface area contributed by atoms with E-state index < -0.39 is 23.9 Å². The minimum absolute atomic E-state index is 0.102. The van der Waals surface area contributed by atoms with E-state index in [1.165, 1.54) is 21.6 Å². The fourth-order valence-electron chi connectivity index (χ4n) is 3.06. The maximum atomic E-state index is 12.1. The van der Waals surface area contributed by atoms with Crippen molar-refractivity contribution >= 4 is 57.1 Å². The monoisotopic (exact) mass is 464 g/mol. The van der Waals surface area contributed by atoms with Crippen LogP contribution < -0.4 is 33.2 Å². The van der Waals surface area contributed by atoms with Gasteiger partial charge in [0, 0.05) is 28.9 Å². The van der Waals surface area contributed by atoms with Crippen LogP contribution in [0, 0.1) is 0 Å². The van der Waals surface area contributed by atoms with Crippen LogP contribution in [0.25, 0.3) is 0 Å². The van der Waals surface area contributed by atoms with Crippen LogP contribution in [0.3, 0.4) is 0 Å². The van der Waals surface area contributed by atoms with Gasteiger partial charge in [-0.15, -0.1) is 0 Å². The number of primary amides is 2. The third kappa shape index (κ3) is 7.79. The number of rotatable bonds is 13. The Hall–Kier alpha value is -1.31. The van der Waals surface area contributed by atoms with Crippen LogP contribution in [0.15, 0.2) is 0 Å². The predicted molar refractivity (Wildman–Crippen MR) is 117 cm³/mol. The van der Waals surface area contributed by atoms with Crippen LogP contribution in [0.2, 0.25) is 0 Å². The quantitative estimate of drug-likeness (QED) is 0.112. The lowest BCUT2D eigenvalue weighted by Gasteiger charge is -2.17. The zero-order valence-corrected chi connectivity index (χ0v) is 18.4. The number of hydrogen-bond acceptors (Lipinski definition) is 8. The molecule has 29 heavy (non-hydrogen) atoms. The van der Waals surface area contributed by atoms with Gasteiger partial charge in [0.25, 0.3) is 0 Å². The molecule has 0 radical (unpaired) electrons. The smallest absolute Gasteiger partial charge is 0.315 e. The molecule has 5 atom stereocenters. The highest BCUT2D eigenvalue weighted by Crippen LogP contribution is 2.33. The molecule has 0 unspecified atom stereocenters. The van der Waals surface area contributed by atoms with Crippen molar-refractivity contribution in [3.8, 4) is 0 Å². The molecule has 2 aliphatic heterocycles. The van der Waals surface area contributed by atoms with E-state index in [9.17, 15) is 19.2 Å². The van der Waals surface area contributed by atoms with Gasteiger partial charge in [0.1, 0.15) is 6.04 Å². The highest BCUT2D eigenvalue weighted by atomic mass is 33.1. The Morgan fingerprint density at radius 1 is 1.14 bits per heavy atom. The maximum Gasteiger partial charge on any atom is 0.315 e. The van der Waals surface area contributed by atoms with Gasteiger partial charge in [0.15, 0.2) is 0 Å². The number of carbonyl (C=O) groups excluding carboxylic acids is 4. The van der Waals surface area contributed by atoms with E-state index in [1.54, 1.807) is 0 Å². The number of thioether (sulfide) groups is 1. The van der Waals surface area contributed by atoms with E-state index >= 15 is 0 Å². The number of unbranched alkanes of at least 4 members (excludes halogenated alkanes) is 1. The summed E-state index contributed by atoms with van der Waals surface area (Å²) in [6, 6.07) is -1.27. The lowest BCUT2D eigenvalue weighted by molar-refractivity contribution is -0.126. The van der Waals surface area contributed by atoms with Crippen LogP contribution >= 0.6 is 33.3 Å². The molecule has 0 saturated carbocycles. The van der Waals surface area contributed by atoms with Crippen LogP contribution in [-0.4, -0.2) is 70.4 Å². The van der Waals surface area contributed by atoms with Crippen molar-refractivity contribution in [1.29, 1.82) is 0 Å². The summed E-state index contributed by atoms with van der Waals surface area (Å²) in [7, 11) is 2.60. The lowest BCUT2D eigenvalue weighted by atomic mass is 10.0. The van der Waals surface area contributed by atoms with Crippen molar-refractivity contribution in [2.75, 3.05) is 17.3 Å². The summed E-state index contributed by atoms with van der Waals surface area (Å²) in [6.07, 6.45) is 2.79. The maximum absolute atomic E-state index is 12.1. The molecule has 164 valence electrons. The largest absolute Gasteiger partial charge is 0.368 e. The molecule has 2 aliphatic rings. The van der Waals surface area contributed by atoms with Crippen LogP contribution in [0.1, 0.15) is 25.7 Å². The van der Waals surface area contributed by atoms with Gasteiger partial charge >= 0.3 is 6.03 Å². The van der Waals surface area contributed by atoms with E-state index in [0.29, 0.717) is 23.8 Å². The fraction of sp³-hybridized carbons (Fsp3) is 0.750. The number of nitrogens with two attached hydrogens (primary N) is 3. The van der Waals surface area contributed by atoms with Crippen LogP contribution in [0.4, 0.5) is 4.79 Å². The SMILES string of the molecule is NC(=O)[C@H](N)CSSC[C@@H](NC(=O)CCCC[C@@H]1SC[C@@H]2NC(=O)N[C@@H]21)C(N)=O. The van der Waals surface area contributed by atoms with E-state index in [2.05, 4.69) is 16.0 Å². The van der Waals surface area contributed by atoms with E-state index in [-0.39, 0.29) is 29.8 Å². The summed E-state index contributed by atoms with van der Waals surface area (Å²) >= 11 is 1.84. The second-order valence-corrected chi connectivity index (χ2v) is 10.8. The first-order valence-corrected chi connectivity index (χ1v) is 12.9. The Morgan fingerprint density at radius 2 is 1.86 bits per heavy atom. The minimum atomic E-state index is -0.782. The summed E-state index contributed by atoms with van der Waals surface area (Å²) in [4.78, 5) is 45.9. The molecule has 9 N–H and O–H groups in total. The van der Waals surface area contributed by atoms with Gasteiger partial charge in [0.05, 0.1) is 18.1 Å². The molecule has 2 rings (SSSR count). The third-order valence-electron chi connectivity index (χ3n) is 4.69. The van der Waals surface area contributed by atoms with Gasteiger partial charge in [-0.2, -0.15) is 11.8 Å². The molecule has 0 aromatic rings. The molecule has 0 bridgehead atoms. The third-order valence-corrected chi connectivity index (χ3v) is 8.65. The van der Waals surface area contributed by atoms with Crippen molar-refractivity contribution in [3.05, 3.63) is 0 Å². The fourth-order valence-corrected chi connectivity index (χ4v) is 6.91. The van der Waals surface area contributed by atoms with Crippen LogP contribution in [-0.2, 0) is 14.4 Å². The second kappa shape index (κ2) is 11.8. The summed E-state index contributed by atoms with van der Waals surface area (Å²) in [6.45, 7) is 0. The Balaban J connectivity index is 1.60. The van der Waals surface area contributed by atoms with Crippen molar-refractivity contribution in [1.82, 2.24) is 16.0 Å². The standard InChI is InChI=1S/C16H28N6O4S3/c17-8(14(18)24)5-28-29-7-10(15(19)25)20-12(23)4-2-1-3-11-13-9(6-27-11)21-16(26)22-13/h8-11,13H,1-7,17H2,(H2,18,24)(H2,19,25)(H,20,23)(H2,21,22,26)/t8-,9+,10-,11+,13+/m1/s1. The van der Waals surface area contributed by atoms with Crippen LogP contribution in [0.5, 0.6) is 0 Å². The Kier molecular flexibility index (Phi) is 9.72. The van der Waals surface area contributed by atoms with Crippen molar-refractivity contribution < 1.29 is 19.2 Å². The number of carbonyl (C=O) groups is 4. The first-order chi connectivity index (χ1) is 13.8. The normalized spacial score (nSPS) is 24.9. The molecular weight excluding hydrogens is 436 g/mol. The van der Waals surface area contributed by atoms with E-state index in [4.69, 9.17) is 17.2 Å². The number of amides is 5. The molecule has 2 fully saturated rings. The molecule has 0 aliphatic carbocycles. The summed E-state index contributed by atoms with van der Waals surface area (Å²) in [5.74, 6) is 0.0947. The van der Waals surface area contributed by atoms with Gasteiger partial charge in [-0.3, -0.25) is 14.4 Å². The molecule has 0 aromatic carbocycles. The molecular formula is C16H28N6O4S3. The topological polar surface area (TPSA) is 182 Å². The molecule has 2 saturated heterocycles. The van der Waals surface area contributed by atoms with E-state index in [1.807, 2.05) is 11.8 Å². The highest BCUT2D eigenvalue weighted by Gasteiger charge is 2.42. The molecule has 0 aromatic heterocycles. The first-order valence-electron chi connectivity index (χ1n) is 9.34. The average molecular weight is 465 g/mol. The zero-order valence-electron chi connectivity index (χ0n) is 15.9. The molecule has 5 amide bonds. The predicted octanol–water partition coefficient (Wildman–Crippen LogP) is -1.12. The lowest BCUT2D eigenvalue weighted by Crippen LogP contribution is -2.46. The van der Waals surface area contributed by atoms with E-state index in [0.717, 1.165) is 18.6 Å². The number of hydrogen-bond donors (Lipinski definition) is 6. The Bertz CT molecular complexity index is 625. The van der Waals surface area contributed by atoms with Crippen molar-refractivity contribution in [2.45, 2.75) is 55.1 Å². The van der Waals surface area contributed by atoms with Crippen molar-refractivity contribution in [3.63, 3.8) is 0 Å². The Morgan fingerprint density at radius 3 is 2.55 bits per heavy atom. The average Bonchev–Trinajstić information content (AvgIpc) is 3.20.